The molecule has 6 nitrogen and oxygen atoms in total. The van der Waals surface area contributed by atoms with E-state index in [1.165, 1.54) is 12.8 Å². The predicted octanol–water partition coefficient (Wildman–Crippen LogP) is 1.84. The SMILES string of the molecule is N#CC1(NC(=O)CCC2(C(N)=O)CCCCC2)CCN(C2CC2)CC1. The Hall–Kier alpha value is -1.61. The van der Waals surface area contributed by atoms with E-state index in [0.29, 0.717) is 25.3 Å². The van der Waals surface area contributed by atoms with E-state index in [9.17, 15) is 14.9 Å². The van der Waals surface area contributed by atoms with Crippen LogP contribution < -0.4 is 11.1 Å². The van der Waals surface area contributed by atoms with Gasteiger partial charge in [0.25, 0.3) is 0 Å². The van der Waals surface area contributed by atoms with E-state index in [-0.39, 0.29) is 18.2 Å². The number of rotatable bonds is 6. The van der Waals surface area contributed by atoms with Gasteiger partial charge in [0.1, 0.15) is 5.54 Å². The molecule has 0 aromatic carbocycles. The van der Waals surface area contributed by atoms with Gasteiger partial charge in [-0.25, -0.2) is 0 Å². The molecular formula is C19H30N4O2. The van der Waals surface area contributed by atoms with Crippen molar-refractivity contribution in [3.8, 4) is 6.07 Å². The average molecular weight is 346 g/mol. The maximum Gasteiger partial charge on any atom is 0.223 e. The fraction of sp³-hybridized carbons (Fsp3) is 0.842. The molecule has 2 amide bonds. The van der Waals surface area contributed by atoms with Gasteiger partial charge in [-0.15, -0.1) is 0 Å². The lowest BCUT2D eigenvalue weighted by atomic mass is 9.70. The van der Waals surface area contributed by atoms with Gasteiger partial charge in [0.05, 0.1) is 6.07 Å². The Morgan fingerprint density at radius 3 is 2.28 bits per heavy atom. The second kappa shape index (κ2) is 7.33. The first-order chi connectivity index (χ1) is 12.0. The third kappa shape index (κ3) is 4.14. The molecule has 1 aliphatic heterocycles. The van der Waals surface area contributed by atoms with Crippen LogP contribution in [0, 0.1) is 16.7 Å². The number of hydrogen-bond acceptors (Lipinski definition) is 4. The molecule has 0 aromatic rings. The van der Waals surface area contributed by atoms with Crippen LogP contribution in [0.3, 0.4) is 0 Å². The van der Waals surface area contributed by atoms with Gasteiger partial charge in [0, 0.05) is 31.0 Å². The van der Waals surface area contributed by atoms with Crippen molar-refractivity contribution in [3.05, 3.63) is 0 Å². The monoisotopic (exact) mass is 346 g/mol. The van der Waals surface area contributed by atoms with Crippen LogP contribution in [-0.4, -0.2) is 41.4 Å². The Morgan fingerprint density at radius 2 is 1.76 bits per heavy atom. The highest BCUT2D eigenvalue weighted by Gasteiger charge is 2.41. The van der Waals surface area contributed by atoms with Crippen molar-refractivity contribution >= 4 is 11.8 Å². The Labute approximate surface area is 150 Å². The van der Waals surface area contributed by atoms with E-state index in [4.69, 9.17) is 5.73 Å². The lowest BCUT2D eigenvalue weighted by Gasteiger charge is -2.38. The summed E-state index contributed by atoms with van der Waals surface area (Å²) in [5.41, 5.74) is 4.38. The standard InChI is InChI=1S/C19H30N4O2/c20-14-19(10-12-23(13-11-19)15-4-5-15)22-16(24)6-9-18(17(21)25)7-2-1-3-8-18/h15H,1-13H2,(H2,21,25)(H,22,24). The van der Waals surface area contributed by atoms with Crippen LogP contribution in [-0.2, 0) is 9.59 Å². The highest BCUT2D eigenvalue weighted by atomic mass is 16.2. The summed E-state index contributed by atoms with van der Waals surface area (Å²) in [6.07, 6.45) is 9.40. The fourth-order valence-corrected chi connectivity index (χ4v) is 4.51. The number of carbonyl (C=O) groups excluding carboxylic acids is 2. The first-order valence-electron chi connectivity index (χ1n) is 9.75. The summed E-state index contributed by atoms with van der Waals surface area (Å²) in [7, 11) is 0. The number of amides is 2. The normalized spacial score (nSPS) is 25.7. The van der Waals surface area contributed by atoms with Crippen LogP contribution in [0.15, 0.2) is 0 Å². The second-order valence-corrected chi connectivity index (χ2v) is 8.21. The predicted molar refractivity (Wildman–Crippen MR) is 94.3 cm³/mol. The van der Waals surface area contributed by atoms with Crippen LogP contribution in [0.4, 0.5) is 0 Å². The Morgan fingerprint density at radius 1 is 1.12 bits per heavy atom. The molecule has 1 saturated heterocycles. The number of primary amides is 1. The smallest absolute Gasteiger partial charge is 0.223 e. The Kier molecular flexibility index (Phi) is 5.33. The van der Waals surface area contributed by atoms with Crippen molar-refractivity contribution in [3.63, 3.8) is 0 Å². The first-order valence-corrected chi connectivity index (χ1v) is 9.75. The molecule has 1 heterocycles. The zero-order valence-corrected chi connectivity index (χ0v) is 15.1. The summed E-state index contributed by atoms with van der Waals surface area (Å²) >= 11 is 0. The van der Waals surface area contributed by atoms with Gasteiger partial charge >= 0.3 is 0 Å². The number of nitriles is 1. The third-order valence-electron chi connectivity index (χ3n) is 6.47. The molecule has 138 valence electrons. The fourth-order valence-electron chi connectivity index (χ4n) is 4.51. The van der Waals surface area contributed by atoms with E-state index < -0.39 is 11.0 Å². The van der Waals surface area contributed by atoms with E-state index >= 15 is 0 Å². The highest BCUT2D eigenvalue weighted by Crippen LogP contribution is 2.40. The number of hydrogen-bond donors (Lipinski definition) is 2. The first kappa shape index (κ1) is 18.2. The summed E-state index contributed by atoms with van der Waals surface area (Å²) in [5, 5.41) is 12.6. The van der Waals surface area contributed by atoms with Crippen molar-refractivity contribution in [2.45, 2.75) is 82.2 Å². The van der Waals surface area contributed by atoms with Crippen molar-refractivity contribution in [2.75, 3.05) is 13.1 Å². The number of nitrogens with two attached hydrogens (primary N) is 1. The summed E-state index contributed by atoms with van der Waals surface area (Å²) in [5.74, 6) is -0.389. The molecule has 3 fully saturated rings. The molecule has 0 spiro atoms. The highest BCUT2D eigenvalue weighted by molar-refractivity contribution is 5.83. The van der Waals surface area contributed by atoms with Crippen LogP contribution in [0.25, 0.3) is 0 Å². The van der Waals surface area contributed by atoms with E-state index in [1.54, 1.807) is 0 Å². The van der Waals surface area contributed by atoms with Crippen LogP contribution in [0.1, 0.15) is 70.6 Å². The Balaban J connectivity index is 1.52. The number of likely N-dealkylation sites (tertiary alicyclic amines) is 1. The maximum absolute atomic E-state index is 12.5. The summed E-state index contributed by atoms with van der Waals surface area (Å²) in [6, 6.07) is 3.05. The van der Waals surface area contributed by atoms with Gasteiger partial charge in [0.15, 0.2) is 0 Å². The van der Waals surface area contributed by atoms with Gasteiger partial charge in [-0.3, -0.25) is 9.59 Å². The van der Waals surface area contributed by atoms with Gasteiger partial charge in [0.2, 0.25) is 11.8 Å². The van der Waals surface area contributed by atoms with E-state index in [0.717, 1.165) is 45.2 Å². The lowest BCUT2D eigenvalue weighted by molar-refractivity contribution is -0.131. The van der Waals surface area contributed by atoms with Gasteiger partial charge in [-0.2, -0.15) is 5.26 Å². The van der Waals surface area contributed by atoms with E-state index in [2.05, 4.69) is 16.3 Å². The third-order valence-corrected chi connectivity index (χ3v) is 6.47. The Bertz CT molecular complexity index is 550. The zero-order chi connectivity index (χ0) is 17.9. The van der Waals surface area contributed by atoms with Crippen molar-refractivity contribution in [1.29, 1.82) is 5.26 Å². The summed E-state index contributed by atoms with van der Waals surface area (Å²) in [4.78, 5) is 26.9. The number of piperidine rings is 1. The molecule has 0 unspecified atom stereocenters. The number of nitrogens with one attached hydrogen (secondary N) is 1. The second-order valence-electron chi connectivity index (χ2n) is 8.21. The van der Waals surface area contributed by atoms with E-state index in [1.807, 2.05) is 0 Å². The summed E-state index contributed by atoms with van der Waals surface area (Å²) in [6.45, 7) is 1.76. The molecule has 6 heteroatoms. The quantitative estimate of drug-likeness (QED) is 0.766. The minimum absolute atomic E-state index is 0.118. The molecular weight excluding hydrogens is 316 g/mol. The van der Waals surface area contributed by atoms with Crippen molar-refractivity contribution in [2.24, 2.45) is 11.1 Å². The topological polar surface area (TPSA) is 99.2 Å². The van der Waals surface area contributed by atoms with Crippen molar-refractivity contribution in [1.82, 2.24) is 10.2 Å². The molecule has 2 saturated carbocycles. The number of carbonyl (C=O) groups is 2. The molecule has 3 aliphatic rings. The van der Waals surface area contributed by atoms with Crippen LogP contribution in [0.5, 0.6) is 0 Å². The van der Waals surface area contributed by atoms with Crippen molar-refractivity contribution < 1.29 is 9.59 Å². The average Bonchev–Trinajstić information content (AvgIpc) is 3.46. The molecule has 0 aromatic heterocycles. The molecule has 3 N–H and O–H groups in total. The number of nitrogens with zero attached hydrogens (tertiary/aromatic N) is 2. The lowest BCUT2D eigenvalue weighted by Crippen LogP contribution is -2.55. The minimum atomic E-state index is -0.741. The van der Waals surface area contributed by atoms with Crippen LogP contribution >= 0.6 is 0 Å². The van der Waals surface area contributed by atoms with Gasteiger partial charge < -0.3 is 16.0 Å². The molecule has 2 aliphatic carbocycles. The van der Waals surface area contributed by atoms with Gasteiger partial charge in [-0.05, 0) is 44.9 Å². The maximum atomic E-state index is 12.5. The molecule has 0 atom stereocenters. The van der Waals surface area contributed by atoms with Gasteiger partial charge in [-0.1, -0.05) is 19.3 Å². The molecule has 25 heavy (non-hydrogen) atoms. The largest absolute Gasteiger partial charge is 0.369 e. The van der Waals surface area contributed by atoms with Crippen LogP contribution in [0.2, 0.25) is 0 Å². The molecule has 3 rings (SSSR count). The minimum Gasteiger partial charge on any atom is -0.369 e. The zero-order valence-electron chi connectivity index (χ0n) is 15.1. The summed E-state index contributed by atoms with van der Waals surface area (Å²) < 4.78 is 0. The molecule has 0 bridgehead atoms. The molecule has 0 radical (unpaired) electrons.